The summed E-state index contributed by atoms with van der Waals surface area (Å²) in [7, 11) is 0. The number of carbonyl (C=O) groups is 1. The lowest BCUT2D eigenvalue weighted by molar-refractivity contribution is -0.112. The van der Waals surface area contributed by atoms with Crippen molar-refractivity contribution in [2.75, 3.05) is 5.32 Å². The van der Waals surface area contributed by atoms with E-state index in [0.717, 1.165) is 11.3 Å². The molecule has 0 spiro atoms. The Morgan fingerprint density at radius 1 is 1.26 bits per heavy atom. The minimum absolute atomic E-state index is 0.0293. The van der Waals surface area contributed by atoms with E-state index < -0.39 is 5.91 Å². The summed E-state index contributed by atoms with van der Waals surface area (Å²) < 4.78 is 0. The summed E-state index contributed by atoms with van der Waals surface area (Å²) in [6.07, 6.45) is 3.96. The zero-order chi connectivity index (χ0) is 19.2. The van der Waals surface area contributed by atoms with Crippen LogP contribution in [0.15, 0.2) is 60.3 Å². The van der Waals surface area contributed by atoms with Gasteiger partial charge in [0.15, 0.2) is 5.13 Å². The minimum atomic E-state index is -0.506. The number of aromatic nitrogens is 1. The van der Waals surface area contributed by atoms with Crippen molar-refractivity contribution in [3.8, 4) is 6.07 Å². The van der Waals surface area contributed by atoms with Gasteiger partial charge in [0.2, 0.25) is 0 Å². The first-order valence-electron chi connectivity index (χ1n) is 8.23. The molecule has 0 aliphatic carbocycles. The van der Waals surface area contributed by atoms with Gasteiger partial charge in [-0.25, -0.2) is 4.98 Å². The molecule has 0 saturated heterocycles. The Hall–Kier alpha value is -2.94. The van der Waals surface area contributed by atoms with E-state index in [4.69, 9.17) is 11.6 Å². The van der Waals surface area contributed by atoms with Crippen LogP contribution in [0, 0.1) is 18.3 Å². The number of nitrogens with zero attached hydrogens (tertiary/aromatic N) is 2. The molecule has 1 amide bonds. The van der Waals surface area contributed by atoms with Gasteiger partial charge in [-0.05, 0) is 30.2 Å². The third-order valence-electron chi connectivity index (χ3n) is 3.84. The third-order valence-corrected chi connectivity index (χ3v) is 5.10. The predicted molar refractivity (Wildman–Crippen MR) is 110 cm³/mol. The lowest BCUT2D eigenvalue weighted by atomic mass is 10.1. The summed E-state index contributed by atoms with van der Waals surface area (Å²) in [6, 6.07) is 17.2. The van der Waals surface area contributed by atoms with Crippen LogP contribution < -0.4 is 5.32 Å². The summed E-state index contributed by atoms with van der Waals surface area (Å²) in [6.45, 7) is 2.05. The number of aryl methyl sites for hydroxylation is 1. The fourth-order valence-corrected chi connectivity index (χ4v) is 3.45. The summed E-state index contributed by atoms with van der Waals surface area (Å²) in [4.78, 5) is 17.7. The van der Waals surface area contributed by atoms with Gasteiger partial charge in [-0.2, -0.15) is 5.26 Å². The topological polar surface area (TPSA) is 65.8 Å². The largest absolute Gasteiger partial charge is 0.297 e. The van der Waals surface area contributed by atoms with E-state index in [1.54, 1.807) is 30.5 Å². The first kappa shape index (κ1) is 18.8. The highest BCUT2D eigenvalue weighted by atomic mass is 35.5. The van der Waals surface area contributed by atoms with Crippen LogP contribution in [0.1, 0.15) is 21.6 Å². The molecular weight excluding hydrogens is 378 g/mol. The Kier molecular flexibility index (Phi) is 6.02. The van der Waals surface area contributed by atoms with Crippen LogP contribution in [0.3, 0.4) is 0 Å². The van der Waals surface area contributed by atoms with Crippen molar-refractivity contribution in [3.05, 3.63) is 86.9 Å². The number of hydrogen-bond acceptors (Lipinski definition) is 4. The number of anilines is 1. The molecule has 27 heavy (non-hydrogen) atoms. The van der Waals surface area contributed by atoms with Crippen molar-refractivity contribution in [1.29, 1.82) is 5.26 Å². The maximum absolute atomic E-state index is 12.4. The maximum Gasteiger partial charge on any atom is 0.268 e. The zero-order valence-electron chi connectivity index (χ0n) is 14.6. The molecule has 0 bridgehead atoms. The number of carbonyl (C=O) groups excluding carboxylic acids is 1. The van der Waals surface area contributed by atoms with Crippen LogP contribution in [0.2, 0.25) is 5.02 Å². The van der Waals surface area contributed by atoms with Gasteiger partial charge in [-0.3, -0.25) is 10.1 Å². The van der Waals surface area contributed by atoms with E-state index in [0.29, 0.717) is 15.7 Å². The number of thiazole rings is 1. The van der Waals surface area contributed by atoms with Gasteiger partial charge in [0.25, 0.3) is 5.91 Å². The van der Waals surface area contributed by atoms with Crippen molar-refractivity contribution in [1.82, 2.24) is 4.98 Å². The van der Waals surface area contributed by atoms with Crippen LogP contribution in [0.5, 0.6) is 0 Å². The number of nitriles is 1. The molecule has 2 aromatic carbocycles. The fourth-order valence-electron chi connectivity index (χ4n) is 2.41. The number of nitrogens with one attached hydrogen (secondary N) is 1. The monoisotopic (exact) mass is 393 g/mol. The van der Waals surface area contributed by atoms with Gasteiger partial charge in [0.1, 0.15) is 11.6 Å². The first-order chi connectivity index (χ1) is 13.0. The smallest absolute Gasteiger partial charge is 0.268 e. The molecule has 134 valence electrons. The normalized spacial score (nSPS) is 11.1. The van der Waals surface area contributed by atoms with E-state index in [-0.39, 0.29) is 5.57 Å². The molecule has 1 aromatic heterocycles. The van der Waals surface area contributed by atoms with Crippen molar-refractivity contribution < 1.29 is 4.79 Å². The Balaban J connectivity index is 1.70. The molecule has 0 saturated carbocycles. The van der Waals surface area contributed by atoms with E-state index in [1.807, 2.05) is 13.0 Å². The summed E-state index contributed by atoms with van der Waals surface area (Å²) >= 11 is 7.48. The predicted octanol–water partition coefficient (Wildman–Crippen LogP) is 5.24. The SMILES string of the molecule is Cc1ccc(Cc2cnc(NC(=O)C(C#N)=Cc3ccccc3Cl)s2)cc1. The highest BCUT2D eigenvalue weighted by molar-refractivity contribution is 7.15. The zero-order valence-corrected chi connectivity index (χ0v) is 16.1. The van der Waals surface area contributed by atoms with Crippen molar-refractivity contribution in [3.63, 3.8) is 0 Å². The Morgan fingerprint density at radius 2 is 2.00 bits per heavy atom. The second-order valence-electron chi connectivity index (χ2n) is 5.94. The van der Waals surface area contributed by atoms with Crippen LogP contribution >= 0.6 is 22.9 Å². The standard InChI is InChI=1S/C21H16ClN3OS/c1-14-6-8-15(9-7-14)10-18-13-24-21(27-18)25-20(26)17(12-23)11-16-4-2-3-5-19(16)22/h2-9,11,13H,10H2,1H3,(H,24,25,26). The van der Waals surface area contributed by atoms with Crippen molar-refractivity contribution in [2.45, 2.75) is 13.3 Å². The summed E-state index contributed by atoms with van der Waals surface area (Å²) in [5.74, 6) is -0.506. The number of rotatable bonds is 5. The Bertz CT molecular complexity index is 1030. The molecule has 3 rings (SSSR count). The second kappa shape index (κ2) is 8.63. The van der Waals surface area contributed by atoms with Gasteiger partial charge in [-0.1, -0.05) is 59.6 Å². The molecule has 0 radical (unpaired) electrons. The molecule has 0 fully saturated rings. The van der Waals surface area contributed by atoms with Crippen LogP contribution in [0.4, 0.5) is 5.13 Å². The van der Waals surface area contributed by atoms with E-state index >= 15 is 0 Å². The highest BCUT2D eigenvalue weighted by Gasteiger charge is 2.13. The van der Waals surface area contributed by atoms with Crippen LogP contribution in [-0.2, 0) is 11.2 Å². The van der Waals surface area contributed by atoms with Gasteiger partial charge in [0.05, 0.1) is 0 Å². The molecule has 0 aliphatic heterocycles. The molecule has 6 heteroatoms. The van der Waals surface area contributed by atoms with Crippen molar-refractivity contribution in [2.24, 2.45) is 0 Å². The number of halogens is 1. The maximum atomic E-state index is 12.4. The molecule has 4 nitrogen and oxygen atoms in total. The molecular formula is C21H16ClN3OS. The molecule has 0 aliphatic rings. The quantitative estimate of drug-likeness (QED) is 0.476. The fraction of sp³-hybridized carbons (Fsp3) is 0.0952. The lowest BCUT2D eigenvalue weighted by Crippen LogP contribution is -2.13. The van der Waals surface area contributed by atoms with Gasteiger partial charge >= 0.3 is 0 Å². The third kappa shape index (κ3) is 5.04. The van der Waals surface area contributed by atoms with Gasteiger partial charge in [0, 0.05) is 22.5 Å². The minimum Gasteiger partial charge on any atom is -0.297 e. The van der Waals surface area contributed by atoms with E-state index in [2.05, 4.69) is 34.6 Å². The van der Waals surface area contributed by atoms with E-state index in [9.17, 15) is 10.1 Å². The summed E-state index contributed by atoms with van der Waals surface area (Å²) in [5.41, 5.74) is 2.98. The van der Waals surface area contributed by atoms with Gasteiger partial charge < -0.3 is 0 Å². The molecule has 3 aromatic rings. The highest BCUT2D eigenvalue weighted by Crippen LogP contribution is 2.23. The van der Waals surface area contributed by atoms with Gasteiger partial charge in [-0.15, -0.1) is 11.3 Å². The average molecular weight is 394 g/mol. The Morgan fingerprint density at radius 3 is 2.70 bits per heavy atom. The number of benzene rings is 2. The number of amides is 1. The van der Waals surface area contributed by atoms with Crippen molar-refractivity contribution >= 4 is 40.1 Å². The molecule has 0 atom stereocenters. The second-order valence-corrected chi connectivity index (χ2v) is 7.46. The average Bonchev–Trinajstić information content (AvgIpc) is 3.09. The Labute approximate surface area is 166 Å². The first-order valence-corrected chi connectivity index (χ1v) is 9.42. The van der Waals surface area contributed by atoms with E-state index in [1.165, 1.54) is 28.5 Å². The lowest BCUT2D eigenvalue weighted by Gasteiger charge is -2.02. The number of hydrogen-bond donors (Lipinski definition) is 1. The summed E-state index contributed by atoms with van der Waals surface area (Å²) in [5, 5.41) is 12.9. The molecule has 0 unspecified atom stereocenters. The van der Waals surface area contributed by atoms with Crippen LogP contribution in [-0.4, -0.2) is 10.9 Å². The molecule has 1 N–H and O–H groups in total. The molecule has 1 heterocycles. The van der Waals surface area contributed by atoms with Crippen LogP contribution in [0.25, 0.3) is 6.08 Å².